The minimum Gasteiger partial charge on any atom is -0.481 e. The quantitative estimate of drug-likeness (QED) is 0.860. The number of carboxylic acid groups (broad SMARTS) is 2. The Labute approximate surface area is 106 Å². The van der Waals surface area contributed by atoms with E-state index in [2.05, 4.69) is 0 Å². The Morgan fingerprint density at radius 2 is 1.00 bits per heavy atom. The van der Waals surface area contributed by atoms with Gasteiger partial charge in [-0.1, -0.05) is 24.3 Å². The van der Waals surface area contributed by atoms with Gasteiger partial charge in [0.2, 0.25) is 0 Å². The maximum atomic E-state index is 11.1. The minimum absolute atomic E-state index is 0.653. The zero-order chi connectivity index (χ0) is 14.1. The average molecular weight is 250 g/mol. The highest BCUT2D eigenvalue weighted by Gasteiger charge is 2.32. The lowest BCUT2D eigenvalue weighted by atomic mass is 9.80. The van der Waals surface area contributed by atoms with Gasteiger partial charge >= 0.3 is 11.9 Å². The molecule has 4 nitrogen and oxygen atoms in total. The van der Waals surface area contributed by atoms with Gasteiger partial charge in [0.15, 0.2) is 0 Å². The van der Waals surface area contributed by atoms with Crippen LogP contribution < -0.4 is 0 Å². The van der Waals surface area contributed by atoms with Crippen LogP contribution in [0.1, 0.15) is 38.8 Å². The fourth-order valence-electron chi connectivity index (χ4n) is 1.55. The lowest BCUT2D eigenvalue weighted by molar-refractivity contribution is -0.143. The molecule has 0 radical (unpaired) electrons. The summed E-state index contributed by atoms with van der Waals surface area (Å²) in [6.45, 7) is 6.47. The summed E-state index contributed by atoms with van der Waals surface area (Å²) in [6, 6.07) is 6.70. The van der Waals surface area contributed by atoms with Crippen LogP contribution in [-0.2, 0) is 20.4 Å². The Bertz CT molecular complexity index is 424. The van der Waals surface area contributed by atoms with E-state index in [0.29, 0.717) is 11.1 Å². The van der Waals surface area contributed by atoms with E-state index in [-0.39, 0.29) is 0 Å². The molecule has 0 spiro atoms. The fraction of sp³-hybridized carbons (Fsp3) is 0.429. The molecule has 0 bridgehead atoms. The molecule has 0 amide bonds. The highest BCUT2D eigenvalue weighted by Crippen LogP contribution is 2.28. The first-order chi connectivity index (χ1) is 8.10. The molecule has 0 aromatic heterocycles. The van der Waals surface area contributed by atoms with Crippen LogP contribution in [0.15, 0.2) is 24.3 Å². The molecule has 1 rings (SSSR count). The largest absolute Gasteiger partial charge is 0.481 e. The molecule has 0 aliphatic carbocycles. The van der Waals surface area contributed by atoms with E-state index in [9.17, 15) is 9.59 Å². The van der Waals surface area contributed by atoms with Crippen molar-refractivity contribution in [3.05, 3.63) is 35.4 Å². The first-order valence-electron chi connectivity index (χ1n) is 5.68. The van der Waals surface area contributed by atoms with Crippen molar-refractivity contribution in [1.29, 1.82) is 0 Å². The molecule has 0 heterocycles. The van der Waals surface area contributed by atoms with Crippen LogP contribution >= 0.6 is 0 Å². The van der Waals surface area contributed by atoms with E-state index in [4.69, 9.17) is 10.2 Å². The van der Waals surface area contributed by atoms with Crippen LogP contribution in [0, 0.1) is 0 Å². The van der Waals surface area contributed by atoms with E-state index in [1.165, 1.54) is 0 Å². The number of benzene rings is 1. The summed E-state index contributed by atoms with van der Waals surface area (Å²) in [6.07, 6.45) is 0. The number of aliphatic carboxylic acids is 2. The molecule has 1 aromatic carbocycles. The number of carbonyl (C=O) groups is 2. The molecule has 0 aliphatic heterocycles. The molecule has 0 aliphatic rings. The Morgan fingerprint density at radius 3 is 1.17 bits per heavy atom. The summed E-state index contributed by atoms with van der Waals surface area (Å²) >= 11 is 0. The predicted octanol–water partition coefficient (Wildman–Crippen LogP) is 2.41. The van der Waals surface area contributed by atoms with Crippen molar-refractivity contribution in [1.82, 2.24) is 0 Å². The predicted molar refractivity (Wildman–Crippen MR) is 67.8 cm³/mol. The summed E-state index contributed by atoms with van der Waals surface area (Å²) in [4.78, 5) is 22.2. The third kappa shape index (κ3) is 2.37. The fourth-order valence-corrected chi connectivity index (χ4v) is 1.55. The molecule has 0 saturated heterocycles. The van der Waals surface area contributed by atoms with Crippen molar-refractivity contribution in [2.24, 2.45) is 0 Å². The smallest absolute Gasteiger partial charge is 0.313 e. The molecular weight excluding hydrogens is 232 g/mol. The van der Waals surface area contributed by atoms with Crippen molar-refractivity contribution in [2.75, 3.05) is 0 Å². The van der Waals surface area contributed by atoms with Crippen molar-refractivity contribution in [3.63, 3.8) is 0 Å². The van der Waals surface area contributed by atoms with E-state index >= 15 is 0 Å². The third-order valence-corrected chi connectivity index (χ3v) is 3.40. The Hall–Kier alpha value is -1.84. The Balaban J connectivity index is 3.16. The van der Waals surface area contributed by atoms with Crippen LogP contribution in [0.3, 0.4) is 0 Å². The number of hydrogen-bond donors (Lipinski definition) is 2. The molecule has 0 fully saturated rings. The molecule has 1 aromatic rings. The zero-order valence-corrected chi connectivity index (χ0v) is 11.0. The van der Waals surface area contributed by atoms with E-state index in [1.54, 1.807) is 52.0 Å². The van der Waals surface area contributed by atoms with Gasteiger partial charge in [0.1, 0.15) is 0 Å². The molecule has 4 heteroatoms. The van der Waals surface area contributed by atoms with Gasteiger partial charge < -0.3 is 10.2 Å². The van der Waals surface area contributed by atoms with Crippen LogP contribution in [0.5, 0.6) is 0 Å². The lowest BCUT2D eigenvalue weighted by Gasteiger charge is -2.23. The highest BCUT2D eigenvalue weighted by molar-refractivity contribution is 5.81. The summed E-state index contributed by atoms with van der Waals surface area (Å²) in [5.41, 5.74) is -0.655. The molecule has 2 N–H and O–H groups in total. The van der Waals surface area contributed by atoms with Crippen molar-refractivity contribution >= 4 is 11.9 Å². The molecule has 0 unspecified atom stereocenters. The molecular formula is C14H18O4. The van der Waals surface area contributed by atoms with Crippen LogP contribution in [-0.4, -0.2) is 22.2 Å². The normalized spacial score (nSPS) is 12.2. The van der Waals surface area contributed by atoms with Gasteiger partial charge in [-0.3, -0.25) is 9.59 Å². The minimum atomic E-state index is -0.980. The zero-order valence-electron chi connectivity index (χ0n) is 11.0. The molecule has 0 atom stereocenters. The van der Waals surface area contributed by atoms with Gasteiger partial charge in [0.05, 0.1) is 10.8 Å². The lowest BCUT2D eigenvalue weighted by Crippen LogP contribution is -2.30. The average Bonchev–Trinajstić information content (AvgIpc) is 2.28. The first kappa shape index (κ1) is 14.2. The third-order valence-electron chi connectivity index (χ3n) is 3.40. The highest BCUT2D eigenvalue weighted by atomic mass is 16.4. The summed E-state index contributed by atoms with van der Waals surface area (Å²) < 4.78 is 0. The summed E-state index contributed by atoms with van der Waals surface area (Å²) in [7, 11) is 0. The van der Waals surface area contributed by atoms with Crippen LogP contribution in [0.2, 0.25) is 0 Å². The van der Waals surface area contributed by atoms with Gasteiger partial charge in [0, 0.05) is 0 Å². The summed E-state index contributed by atoms with van der Waals surface area (Å²) in [5.74, 6) is -1.82. The topological polar surface area (TPSA) is 74.6 Å². The Kier molecular flexibility index (Phi) is 3.51. The monoisotopic (exact) mass is 250 g/mol. The summed E-state index contributed by atoms with van der Waals surface area (Å²) in [5, 5.41) is 18.2. The maximum absolute atomic E-state index is 11.1. The number of hydrogen-bond acceptors (Lipinski definition) is 2. The van der Waals surface area contributed by atoms with Crippen molar-refractivity contribution < 1.29 is 19.8 Å². The maximum Gasteiger partial charge on any atom is 0.313 e. The van der Waals surface area contributed by atoms with E-state index in [0.717, 1.165) is 0 Å². The van der Waals surface area contributed by atoms with E-state index < -0.39 is 22.8 Å². The standard InChI is InChI=1S/C14H18O4/c1-13(2,11(15)16)9-5-7-10(8-6-9)14(3,4)12(17)18/h5-8H,1-4H3,(H,15,16)(H,17,18). The van der Waals surface area contributed by atoms with Gasteiger partial charge in [-0.15, -0.1) is 0 Å². The second-order valence-electron chi connectivity index (χ2n) is 5.44. The first-order valence-corrected chi connectivity index (χ1v) is 5.68. The molecule has 98 valence electrons. The number of carboxylic acids is 2. The van der Waals surface area contributed by atoms with Gasteiger partial charge in [-0.2, -0.15) is 0 Å². The second-order valence-corrected chi connectivity index (χ2v) is 5.44. The van der Waals surface area contributed by atoms with E-state index in [1.807, 2.05) is 0 Å². The molecule has 0 saturated carbocycles. The van der Waals surface area contributed by atoms with Crippen LogP contribution in [0.4, 0.5) is 0 Å². The van der Waals surface area contributed by atoms with Crippen molar-refractivity contribution in [2.45, 2.75) is 38.5 Å². The van der Waals surface area contributed by atoms with Gasteiger partial charge in [0.25, 0.3) is 0 Å². The molecule has 18 heavy (non-hydrogen) atoms. The van der Waals surface area contributed by atoms with Crippen LogP contribution in [0.25, 0.3) is 0 Å². The van der Waals surface area contributed by atoms with Gasteiger partial charge in [-0.25, -0.2) is 0 Å². The number of rotatable bonds is 4. The van der Waals surface area contributed by atoms with Crippen molar-refractivity contribution in [3.8, 4) is 0 Å². The SMILES string of the molecule is CC(C)(C(=O)O)c1ccc(C(C)(C)C(=O)O)cc1. The second kappa shape index (κ2) is 4.44. The Morgan fingerprint density at radius 1 is 0.778 bits per heavy atom. The van der Waals surface area contributed by atoms with Gasteiger partial charge in [-0.05, 0) is 38.8 Å².